The van der Waals surface area contributed by atoms with Crippen molar-refractivity contribution in [2.75, 3.05) is 14.2 Å². The first-order chi connectivity index (χ1) is 15.0. The minimum atomic E-state index is -0.280. The molecule has 1 aliphatic carbocycles. The normalized spacial score (nSPS) is 14.9. The number of imidazole rings is 1. The monoisotopic (exact) mass is 441 g/mol. The molecule has 0 aliphatic heterocycles. The molecule has 0 bridgehead atoms. The Labute approximate surface area is 188 Å². The summed E-state index contributed by atoms with van der Waals surface area (Å²) in [6.07, 6.45) is 9.01. The summed E-state index contributed by atoms with van der Waals surface area (Å²) < 4.78 is 21.5. The van der Waals surface area contributed by atoms with E-state index in [1.54, 1.807) is 13.2 Å². The Morgan fingerprint density at radius 1 is 1.13 bits per heavy atom. The van der Waals surface area contributed by atoms with Crippen molar-refractivity contribution in [2.24, 2.45) is 0 Å². The van der Waals surface area contributed by atoms with E-state index in [2.05, 4.69) is 22.7 Å². The molecule has 0 atom stereocenters. The maximum Gasteiger partial charge on any atom is 0.123 e. The average Bonchev–Trinajstić information content (AvgIpc) is 3.17. The summed E-state index contributed by atoms with van der Waals surface area (Å²) in [6, 6.07) is 12.9. The second-order valence-electron chi connectivity index (χ2n) is 8.33. The Bertz CT molecular complexity index is 1010. The van der Waals surface area contributed by atoms with Crippen molar-refractivity contribution >= 4 is 11.6 Å². The second-order valence-corrected chi connectivity index (χ2v) is 8.77. The smallest absolute Gasteiger partial charge is 0.123 e. The van der Waals surface area contributed by atoms with Crippen LogP contribution in [0.4, 0.5) is 4.39 Å². The molecule has 1 aliphatic rings. The summed E-state index contributed by atoms with van der Waals surface area (Å²) in [5, 5.41) is 0.689. The zero-order chi connectivity index (χ0) is 21.8. The maximum atomic E-state index is 13.9. The van der Waals surface area contributed by atoms with Crippen LogP contribution in [0.15, 0.2) is 48.7 Å². The quantitative estimate of drug-likeness (QED) is 0.448. The molecule has 1 saturated carbocycles. The molecule has 4 nitrogen and oxygen atoms in total. The van der Waals surface area contributed by atoms with E-state index in [4.69, 9.17) is 21.3 Å². The number of hydrogen-bond acceptors (Lipinski definition) is 3. The number of hydrogen-bond donors (Lipinski definition) is 0. The summed E-state index contributed by atoms with van der Waals surface area (Å²) in [4.78, 5) is 7.37. The van der Waals surface area contributed by atoms with Gasteiger partial charge in [-0.2, -0.15) is 0 Å². The van der Waals surface area contributed by atoms with Crippen molar-refractivity contribution in [3.63, 3.8) is 0 Å². The second kappa shape index (κ2) is 9.84. The van der Waals surface area contributed by atoms with Crippen molar-refractivity contribution in [3.8, 4) is 11.4 Å². The standard InChI is InChI=1S/C25H29ClFN3O/c1-29(22-6-4-3-5-7-22)16-21-17-30(23-11-8-19(26)9-12-23)25(28-21)15-18-14-20(27)10-13-24(18)31-2/h8-14,17,22H,3-7,15-16H2,1-2H3. The van der Waals surface area contributed by atoms with Crippen LogP contribution in [0.5, 0.6) is 5.75 Å². The van der Waals surface area contributed by atoms with E-state index in [1.165, 1.54) is 44.2 Å². The molecule has 1 fully saturated rings. The molecule has 3 aromatic rings. The zero-order valence-corrected chi connectivity index (χ0v) is 18.9. The lowest BCUT2D eigenvalue weighted by atomic mass is 9.94. The molecule has 1 heterocycles. The summed E-state index contributed by atoms with van der Waals surface area (Å²) >= 11 is 6.10. The Balaban J connectivity index is 1.65. The molecule has 1 aromatic heterocycles. The molecule has 164 valence electrons. The number of methoxy groups -OCH3 is 1. The fraction of sp³-hybridized carbons (Fsp3) is 0.400. The van der Waals surface area contributed by atoms with Crippen molar-refractivity contribution in [1.29, 1.82) is 0 Å². The molecule has 0 saturated heterocycles. The van der Waals surface area contributed by atoms with E-state index in [0.717, 1.165) is 29.3 Å². The predicted molar refractivity (Wildman–Crippen MR) is 123 cm³/mol. The van der Waals surface area contributed by atoms with Crippen LogP contribution in [0.2, 0.25) is 5.02 Å². The van der Waals surface area contributed by atoms with Gasteiger partial charge in [-0.3, -0.25) is 4.90 Å². The van der Waals surface area contributed by atoms with Gasteiger partial charge in [0, 0.05) is 41.5 Å². The first kappa shape index (κ1) is 21.8. The Morgan fingerprint density at radius 3 is 2.58 bits per heavy atom. The number of benzene rings is 2. The van der Waals surface area contributed by atoms with E-state index < -0.39 is 0 Å². The highest BCUT2D eigenvalue weighted by molar-refractivity contribution is 6.30. The van der Waals surface area contributed by atoms with E-state index in [-0.39, 0.29) is 5.82 Å². The SMILES string of the molecule is COc1ccc(F)cc1Cc1nc(CN(C)C2CCCCC2)cn1-c1ccc(Cl)cc1. The highest BCUT2D eigenvalue weighted by atomic mass is 35.5. The molecule has 4 rings (SSSR count). The van der Waals surface area contributed by atoms with Crippen LogP contribution in [-0.2, 0) is 13.0 Å². The van der Waals surface area contributed by atoms with Gasteiger partial charge in [-0.25, -0.2) is 9.37 Å². The number of halogens is 2. The molecule has 31 heavy (non-hydrogen) atoms. The molecule has 6 heteroatoms. The van der Waals surface area contributed by atoms with E-state index in [0.29, 0.717) is 23.2 Å². The van der Waals surface area contributed by atoms with Crippen LogP contribution in [0, 0.1) is 5.82 Å². The Hall–Kier alpha value is -2.37. The lowest BCUT2D eigenvalue weighted by Crippen LogP contribution is -2.32. The van der Waals surface area contributed by atoms with Crippen molar-refractivity contribution in [3.05, 3.63) is 76.6 Å². The summed E-state index contributed by atoms with van der Waals surface area (Å²) in [5.41, 5.74) is 2.76. The number of nitrogens with zero attached hydrogens (tertiary/aromatic N) is 3. The van der Waals surface area contributed by atoms with Gasteiger partial charge < -0.3 is 9.30 Å². The highest BCUT2D eigenvalue weighted by Crippen LogP contribution is 2.26. The van der Waals surface area contributed by atoms with Crippen LogP contribution in [0.1, 0.15) is 49.2 Å². The van der Waals surface area contributed by atoms with Crippen LogP contribution in [0.3, 0.4) is 0 Å². The van der Waals surface area contributed by atoms with E-state index in [9.17, 15) is 4.39 Å². The van der Waals surface area contributed by atoms with Gasteiger partial charge in [0.1, 0.15) is 17.4 Å². The van der Waals surface area contributed by atoms with Gasteiger partial charge in [-0.1, -0.05) is 30.9 Å². The minimum absolute atomic E-state index is 0.280. The van der Waals surface area contributed by atoms with Crippen LogP contribution in [0.25, 0.3) is 5.69 Å². The van der Waals surface area contributed by atoms with E-state index >= 15 is 0 Å². The van der Waals surface area contributed by atoms with Crippen LogP contribution in [-0.4, -0.2) is 34.7 Å². The molecule has 0 unspecified atom stereocenters. The first-order valence-corrected chi connectivity index (χ1v) is 11.3. The summed E-state index contributed by atoms with van der Waals surface area (Å²) in [5.74, 6) is 1.23. The largest absolute Gasteiger partial charge is 0.496 e. The molecular formula is C25H29ClFN3O. The van der Waals surface area contributed by atoms with Crippen molar-refractivity contribution < 1.29 is 9.13 Å². The highest BCUT2D eigenvalue weighted by Gasteiger charge is 2.20. The number of aromatic nitrogens is 2. The topological polar surface area (TPSA) is 30.3 Å². The third kappa shape index (κ3) is 5.28. The van der Waals surface area contributed by atoms with Crippen molar-refractivity contribution in [2.45, 2.75) is 51.1 Å². The van der Waals surface area contributed by atoms with Gasteiger partial charge in [0.25, 0.3) is 0 Å². The lowest BCUT2D eigenvalue weighted by molar-refractivity contribution is 0.183. The molecule has 0 spiro atoms. The molecule has 2 aromatic carbocycles. The van der Waals surface area contributed by atoms with Gasteiger partial charge in [0.05, 0.1) is 12.8 Å². The molecule has 0 radical (unpaired) electrons. The van der Waals surface area contributed by atoms with Gasteiger partial charge in [0.2, 0.25) is 0 Å². The van der Waals surface area contributed by atoms with E-state index in [1.807, 2.05) is 24.3 Å². The third-order valence-corrected chi connectivity index (χ3v) is 6.39. The van der Waals surface area contributed by atoms with Crippen molar-refractivity contribution in [1.82, 2.24) is 14.5 Å². The predicted octanol–water partition coefficient (Wildman–Crippen LogP) is 6.03. The van der Waals surface area contributed by atoms with Gasteiger partial charge >= 0.3 is 0 Å². The van der Waals surface area contributed by atoms with Gasteiger partial charge in [-0.05, 0) is 62.4 Å². The zero-order valence-electron chi connectivity index (χ0n) is 18.2. The maximum absolute atomic E-state index is 13.9. The Kier molecular flexibility index (Phi) is 6.93. The molecule has 0 N–H and O–H groups in total. The average molecular weight is 442 g/mol. The molecule has 0 amide bonds. The fourth-order valence-corrected chi connectivity index (χ4v) is 4.59. The van der Waals surface area contributed by atoms with Gasteiger partial charge in [-0.15, -0.1) is 0 Å². The third-order valence-electron chi connectivity index (χ3n) is 6.13. The summed E-state index contributed by atoms with van der Waals surface area (Å²) in [7, 11) is 3.79. The Morgan fingerprint density at radius 2 is 1.87 bits per heavy atom. The summed E-state index contributed by atoms with van der Waals surface area (Å²) in [6.45, 7) is 0.790. The van der Waals surface area contributed by atoms with Crippen LogP contribution < -0.4 is 4.74 Å². The first-order valence-electron chi connectivity index (χ1n) is 10.9. The minimum Gasteiger partial charge on any atom is -0.496 e. The van der Waals surface area contributed by atoms with Crippen LogP contribution >= 0.6 is 11.6 Å². The lowest BCUT2D eigenvalue weighted by Gasteiger charge is -2.30. The molecular weight excluding hydrogens is 413 g/mol. The fourth-order valence-electron chi connectivity index (χ4n) is 4.46. The number of ether oxygens (including phenoxy) is 1. The van der Waals surface area contributed by atoms with Gasteiger partial charge in [0.15, 0.2) is 0 Å². The number of rotatable bonds is 7.